The normalized spacial score (nSPS) is 13.1. The first kappa shape index (κ1) is 21.8. The van der Waals surface area contributed by atoms with Crippen molar-refractivity contribution in [2.24, 2.45) is 5.73 Å². The summed E-state index contributed by atoms with van der Waals surface area (Å²) in [6, 6.07) is 10.6. The Morgan fingerprint density at radius 3 is 2.37 bits per heavy atom. The Kier molecular flexibility index (Phi) is 8.21. The van der Waals surface area contributed by atoms with Crippen molar-refractivity contribution in [3.8, 4) is 0 Å². The van der Waals surface area contributed by atoms with Crippen molar-refractivity contribution in [1.82, 2.24) is 14.4 Å². The van der Waals surface area contributed by atoms with Crippen LogP contribution in [0.3, 0.4) is 0 Å². The number of anilines is 1. The highest BCUT2D eigenvalue weighted by Gasteiger charge is 2.02. The molecule has 30 heavy (non-hydrogen) atoms. The fourth-order valence-electron chi connectivity index (χ4n) is 3.42. The lowest BCUT2D eigenvalue weighted by Gasteiger charge is -2.05. The van der Waals surface area contributed by atoms with E-state index in [-0.39, 0.29) is 12.4 Å². The molecule has 0 saturated heterocycles. The van der Waals surface area contributed by atoms with Crippen LogP contribution in [0.2, 0.25) is 0 Å². The number of halogens is 1. The second-order valence-electron chi connectivity index (χ2n) is 7.19. The molecule has 5 rings (SSSR count). The molecule has 0 bridgehead atoms. The van der Waals surface area contributed by atoms with Crippen LogP contribution in [0.5, 0.6) is 0 Å². The molecule has 1 saturated carbocycles. The Morgan fingerprint density at radius 2 is 1.70 bits per heavy atom. The minimum absolute atomic E-state index is 0.219. The highest BCUT2D eigenvalue weighted by Crippen LogP contribution is 2.17. The van der Waals surface area contributed by atoms with Crippen LogP contribution < -0.4 is 11.0 Å². The van der Waals surface area contributed by atoms with Gasteiger partial charge in [-0.1, -0.05) is 44.6 Å². The van der Waals surface area contributed by atoms with E-state index in [0.29, 0.717) is 11.1 Å². The molecule has 2 radical (unpaired) electrons. The molecule has 154 valence electrons. The molecule has 5 nitrogen and oxygen atoms in total. The second kappa shape index (κ2) is 11.3. The van der Waals surface area contributed by atoms with Crippen LogP contribution in [0.4, 0.5) is 10.1 Å². The summed E-state index contributed by atoms with van der Waals surface area (Å²) in [5.74, 6) is -0.284. The van der Waals surface area contributed by atoms with Crippen LogP contribution in [0, 0.1) is 5.82 Å². The Bertz CT molecular complexity index is 1050. The average Bonchev–Trinajstić information content (AvgIpc) is 3.30. The first-order chi connectivity index (χ1) is 14.7. The molecule has 7 heteroatoms. The minimum atomic E-state index is -0.284. The molecule has 0 unspecified atom stereocenters. The predicted octanol–water partition coefficient (Wildman–Crippen LogP) is 5.00. The summed E-state index contributed by atoms with van der Waals surface area (Å²) in [5, 5.41) is 3.49. The van der Waals surface area contributed by atoms with Gasteiger partial charge in [0.25, 0.3) is 0 Å². The molecule has 0 aliphatic heterocycles. The number of aromatic nitrogens is 3. The Morgan fingerprint density at radius 1 is 0.967 bits per heavy atom. The van der Waals surface area contributed by atoms with Crippen LogP contribution in [-0.2, 0) is 6.54 Å². The van der Waals surface area contributed by atoms with Crippen LogP contribution in [-0.4, -0.2) is 22.3 Å². The third kappa shape index (κ3) is 5.80. The van der Waals surface area contributed by atoms with Crippen molar-refractivity contribution in [3.63, 3.8) is 0 Å². The Hall–Kier alpha value is -2.93. The van der Waals surface area contributed by atoms with Crippen molar-refractivity contribution in [3.05, 3.63) is 72.6 Å². The molecule has 3 N–H and O–H groups in total. The third-order valence-corrected chi connectivity index (χ3v) is 5.07. The molecule has 1 aromatic carbocycles. The van der Waals surface area contributed by atoms with Gasteiger partial charge in [-0.25, -0.2) is 9.37 Å². The molecular formula is C23H27BFN5. The molecule has 3 heterocycles. The fraction of sp³-hybridized carbons (Fsp3) is 0.304. The summed E-state index contributed by atoms with van der Waals surface area (Å²) >= 11 is 0. The van der Waals surface area contributed by atoms with E-state index in [1.54, 1.807) is 18.5 Å². The maximum atomic E-state index is 13.2. The summed E-state index contributed by atoms with van der Waals surface area (Å²) < 4.78 is 15.1. The zero-order chi connectivity index (χ0) is 21.2. The van der Waals surface area contributed by atoms with E-state index in [1.807, 2.05) is 41.1 Å². The lowest BCUT2D eigenvalue weighted by atomic mass is 10.0. The van der Waals surface area contributed by atoms with Crippen LogP contribution >= 0.6 is 0 Å². The van der Waals surface area contributed by atoms with Crippen LogP contribution in [0.1, 0.15) is 44.1 Å². The number of rotatable bonds is 2. The first-order valence-corrected chi connectivity index (χ1v) is 10.3. The number of nitrogens with two attached hydrogens (primary N) is 1. The van der Waals surface area contributed by atoms with Crippen molar-refractivity contribution in [2.75, 3.05) is 5.23 Å². The second-order valence-corrected chi connectivity index (χ2v) is 7.19. The summed E-state index contributed by atoms with van der Waals surface area (Å²) in [4.78, 5) is 8.15. The molecule has 4 aromatic rings. The van der Waals surface area contributed by atoms with E-state index < -0.39 is 0 Å². The standard InChI is InChI=1S/C10H9FN2.C7H6BN3.C6H12/c11-9-5-10-7(2-1-3-13-10)4-8(9)6-12;8-10-6-2-1-4-11-5-3-9-7(6)11;1-2-4-6-5-3-1/h1-5H,6,12H2;1-5,10H;1-6H2. The summed E-state index contributed by atoms with van der Waals surface area (Å²) in [5.41, 5.74) is 8.25. The summed E-state index contributed by atoms with van der Waals surface area (Å²) in [7, 11) is 5.27. The lowest BCUT2D eigenvalue weighted by molar-refractivity contribution is 0.504. The molecule has 1 aliphatic rings. The van der Waals surface area contributed by atoms with Crippen molar-refractivity contribution in [2.45, 2.75) is 45.1 Å². The van der Waals surface area contributed by atoms with Gasteiger partial charge in [0.15, 0.2) is 5.65 Å². The van der Waals surface area contributed by atoms with Crippen LogP contribution in [0.15, 0.2) is 61.2 Å². The van der Waals surface area contributed by atoms with E-state index in [4.69, 9.17) is 13.7 Å². The summed E-state index contributed by atoms with van der Waals surface area (Å²) in [6.07, 6.45) is 16.2. The van der Waals surface area contributed by atoms with Gasteiger partial charge in [-0.2, -0.15) is 0 Å². The van der Waals surface area contributed by atoms with Crippen molar-refractivity contribution >= 4 is 30.2 Å². The number of hydrogen-bond acceptors (Lipinski definition) is 4. The molecular weight excluding hydrogens is 376 g/mol. The van der Waals surface area contributed by atoms with Crippen molar-refractivity contribution in [1.29, 1.82) is 0 Å². The number of nitrogens with one attached hydrogen (secondary N) is 1. The number of fused-ring (bicyclic) bond motifs is 2. The monoisotopic (exact) mass is 403 g/mol. The number of imidazole rings is 1. The van der Waals surface area contributed by atoms with Gasteiger partial charge in [0, 0.05) is 48.3 Å². The van der Waals surface area contributed by atoms with Gasteiger partial charge in [0.2, 0.25) is 7.98 Å². The van der Waals surface area contributed by atoms with Gasteiger partial charge in [0.05, 0.1) is 11.2 Å². The fourth-order valence-corrected chi connectivity index (χ4v) is 3.42. The largest absolute Gasteiger partial charge is 0.434 e. The average molecular weight is 403 g/mol. The van der Waals surface area contributed by atoms with E-state index in [1.165, 1.54) is 44.6 Å². The third-order valence-electron chi connectivity index (χ3n) is 5.07. The smallest absolute Gasteiger partial charge is 0.222 e. The summed E-state index contributed by atoms with van der Waals surface area (Å²) in [6.45, 7) is 0.219. The minimum Gasteiger partial charge on any atom is -0.434 e. The van der Waals surface area contributed by atoms with E-state index >= 15 is 0 Å². The van der Waals surface area contributed by atoms with E-state index in [2.05, 4.69) is 15.2 Å². The SMILES string of the molecule is C1CCCCC1.NCc1cc2cccnc2cc1F.[B]Nc1cccn2ccnc12. The number of hydrogen-bond donors (Lipinski definition) is 2. The van der Waals surface area contributed by atoms with Crippen molar-refractivity contribution < 1.29 is 4.39 Å². The Labute approximate surface area is 178 Å². The molecule has 1 aliphatic carbocycles. The zero-order valence-corrected chi connectivity index (χ0v) is 17.1. The first-order valence-electron chi connectivity index (χ1n) is 10.3. The maximum absolute atomic E-state index is 13.2. The molecule has 0 atom stereocenters. The number of pyridine rings is 2. The van der Waals surface area contributed by atoms with E-state index in [9.17, 15) is 4.39 Å². The molecule has 3 aromatic heterocycles. The highest BCUT2D eigenvalue weighted by atomic mass is 19.1. The van der Waals surface area contributed by atoms with Gasteiger partial charge < -0.3 is 15.4 Å². The zero-order valence-electron chi connectivity index (χ0n) is 17.1. The van der Waals surface area contributed by atoms with Gasteiger partial charge >= 0.3 is 0 Å². The van der Waals surface area contributed by atoms with E-state index in [0.717, 1.165) is 16.7 Å². The quantitative estimate of drug-likeness (QED) is 0.462. The molecule has 1 fully saturated rings. The number of benzene rings is 1. The van der Waals surface area contributed by atoms with Crippen LogP contribution in [0.25, 0.3) is 16.6 Å². The molecule has 0 amide bonds. The number of nitrogens with zero attached hydrogens (tertiary/aromatic N) is 3. The topological polar surface area (TPSA) is 68.2 Å². The van der Waals surface area contributed by atoms with Gasteiger partial charge in [0.1, 0.15) is 5.82 Å². The molecule has 0 spiro atoms. The maximum Gasteiger partial charge on any atom is 0.222 e. The lowest BCUT2D eigenvalue weighted by Crippen LogP contribution is -1.99. The van der Waals surface area contributed by atoms with Gasteiger partial charge in [-0.15, -0.1) is 0 Å². The van der Waals surface area contributed by atoms with Gasteiger partial charge in [-0.05, 0) is 24.3 Å². The highest BCUT2D eigenvalue weighted by molar-refractivity contribution is 6.17. The Balaban J connectivity index is 0.000000136. The predicted molar refractivity (Wildman–Crippen MR) is 122 cm³/mol. The van der Waals surface area contributed by atoms with Gasteiger partial charge in [-0.3, -0.25) is 4.98 Å².